The summed E-state index contributed by atoms with van der Waals surface area (Å²) in [7, 11) is 0. The van der Waals surface area contributed by atoms with Gasteiger partial charge in [0.15, 0.2) is 0 Å². The molecule has 4 heteroatoms. The van der Waals surface area contributed by atoms with Gasteiger partial charge in [0.1, 0.15) is 22.3 Å². The number of nitrogens with zero attached hydrogens (tertiary/aromatic N) is 2. The van der Waals surface area contributed by atoms with E-state index in [9.17, 15) is 0 Å². The molecule has 0 fully saturated rings. The van der Waals surface area contributed by atoms with Crippen molar-refractivity contribution in [3.8, 4) is 89.0 Å². The molecule has 0 aliphatic heterocycles. The van der Waals surface area contributed by atoms with Gasteiger partial charge in [-0.15, -0.1) is 0 Å². The molecule has 110 heavy (non-hydrogen) atoms. The average molecular weight is 1400 g/mol. The van der Waals surface area contributed by atoms with Crippen LogP contribution in [0.15, 0.2) is 421 Å². The van der Waals surface area contributed by atoms with Crippen LogP contribution in [0.2, 0.25) is 0 Å². The van der Waals surface area contributed by atoms with E-state index in [1.54, 1.807) is 0 Å². The molecule has 4 nitrogen and oxygen atoms in total. The average Bonchev–Trinajstić information content (AvgIpc) is 1.43. The number of para-hydroxylation sites is 6. The highest BCUT2D eigenvalue weighted by Crippen LogP contribution is 2.49. The van der Waals surface area contributed by atoms with Gasteiger partial charge in [-0.05, 0) is 189 Å². The van der Waals surface area contributed by atoms with Crippen LogP contribution in [0.25, 0.3) is 176 Å². The molecule has 0 atom stereocenters. The zero-order valence-electron chi connectivity index (χ0n) is 60.0. The maximum absolute atomic E-state index is 7.32. The van der Waals surface area contributed by atoms with Crippen LogP contribution in [0.1, 0.15) is 0 Å². The molecule has 0 spiro atoms. The second kappa shape index (κ2) is 26.8. The van der Waals surface area contributed by atoms with Crippen LogP contribution in [-0.2, 0) is 0 Å². The van der Waals surface area contributed by atoms with Crippen molar-refractivity contribution < 1.29 is 8.83 Å². The van der Waals surface area contributed by atoms with Crippen molar-refractivity contribution in [1.29, 1.82) is 0 Å². The van der Waals surface area contributed by atoms with Gasteiger partial charge >= 0.3 is 0 Å². The summed E-state index contributed by atoms with van der Waals surface area (Å²) in [6.45, 7) is 0. The van der Waals surface area contributed by atoms with E-state index in [2.05, 4.69) is 416 Å². The molecular weight excluding hydrogens is 1330 g/mol. The van der Waals surface area contributed by atoms with E-state index < -0.39 is 0 Å². The predicted molar refractivity (Wildman–Crippen MR) is 464 cm³/mol. The molecular formula is C106H68N2O2. The fourth-order valence-electron chi connectivity index (χ4n) is 16.8. The predicted octanol–water partition coefficient (Wildman–Crippen LogP) is 30.4. The summed E-state index contributed by atoms with van der Waals surface area (Å²) in [4.78, 5) is 4.77. The fourth-order valence-corrected chi connectivity index (χ4v) is 16.8. The third-order valence-electron chi connectivity index (χ3n) is 22.3. The minimum absolute atomic E-state index is 0.846. The standard InChI is InChI=1S/C106H68N2O2/c1-2-21-79-66-80(47-44-69(79)18-1)73-52-60-85(61-53-73)108(87-64-56-78(57-65-87)91-30-14-23-76-20-4-6-25-89(76)91)102-38-11-8-27-94(102)97-33-17-36-100-99-35-15-31-92(104(99)110-106(97)100)82-49-46-74-45-48-81(67-83(74)68-82)72-42-40-70(41-43-72)71-50-58-84(59-51-71)107(86-62-54-77(55-63-86)90-29-13-22-75-19-3-5-24-88(75)90)101-37-10-7-26-93(101)96-32-16-34-98-95-28-9-12-39-103(95)109-105(96)98/h1-68H. The monoisotopic (exact) mass is 1400 g/mol. The lowest BCUT2D eigenvalue weighted by atomic mass is 9.95. The normalized spacial score (nSPS) is 11.6. The summed E-state index contributed by atoms with van der Waals surface area (Å²) in [5, 5.41) is 14.1. The summed E-state index contributed by atoms with van der Waals surface area (Å²) in [6.07, 6.45) is 0. The first-order chi connectivity index (χ1) is 54.5. The van der Waals surface area contributed by atoms with Crippen LogP contribution in [0.5, 0.6) is 0 Å². The molecule has 19 aromatic carbocycles. The smallest absolute Gasteiger partial charge is 0.143 e. The summed E-state index contributed by atoms with van der Waals surface area (Å²) in [5.74, 6) is 0. The van der Waals surface area contributed by atoms with Gasteiger partial charge in [-0.3, -0.25) is 0 Å². The molecule has 21 rings (SSSR count). The molecule has 0 radical (unpaired) electrons. The van der Waals surface area contributed by atoms with E-state index in [-0.39, 0.29) is 0 Å². The summed E-state index contributed by atoms with van der Waals surface area (Å²) in [6, 6.07) is 150. The van der Waals surface area contributed by atoms with Gasteiger partial charge in [-0.25, -0.2) is 0 Å². The fraction of sp³-hybridized carbons (Fsp3) is 0. The summed E-state index contributed by atoms with van der Waals surface area (Å²) < 4.78 is 14.0. The lowest BCUT2D eigenvalue weighted by Gasteiger charge is -2.28. The first kappa shape index (κ1) is 63.9. The van der Waals surface area contributed by atoms with Crippen molar-refractivity contribution >= 4 is 121 Å². The molecule has 0 bridgehead atoms. The molecule has 0 aliphatic rings. The Kier molecular flexibility index (Phi) is 15.5. The maximum atomic E-state index is 7.32. The molecule has 514 valence electrons. The molecule has 0 saturated carbocycles. The number of fused-ring (bicyclic) bond motifs is 10. The second-order valence-electron chi connectivity index (χ2n) is 28.6. The van der Waals surface area contributed by atoms with Gasteiger partial charge < -0.3 is 18.6 Å². The first-order valence-electron chi connectivity index (χ1n) is 37.7. The number of hydrogen-bond acceptors (Lipinski definition) is 4. The van der Waals surface area contributed by atoms with E-state index in [4.69, 9.17) is 8.83 Å². The van der Waals surface area contributed by atoms with E-state index in [0.29, 0.717) is 0 Å². The maximum Gasteiger partial charge on any atom is 0.143 e. The lowest BCUT2D eigenvalue weighted by molar-refractivity contribution is 0.670. The SMILES string of the molecule is c1ccc(N(c2ccc(-c3ccc(-c4ccc5ccc(-c6cccc7c6oc6c(-c8ccccc8N(c8ccc(-c9ccc%10ccccc%10c9)cc8)c8ccc(-c9cccc%10ccccc9%10)cc8)cccc67)cc5c4)cc3)cc2)c2ccc(-c3cccc4ccccc34)cc2)c(-c2cccc3c2oc2ccccc23)c1. The molecule has 0 saturated heterocycles. The van der Waals surface area contributed by atoms with Crippen LogP contribution in [0.4, 0.5) is 34.1 Å². The van der Waals surface area contributed by atoms with Crippen molar-refractivity contribution in [3.63, 3.8) is 0 Å². The van der Waals surface area contributed by atoms with E-state index in [0.717, 1.165) is 145 Å². The van der Waals surface area contributed by atoms with Crippen LogP contribution in [0.3, 0.4) is 0 Å². The Balaban J connectivity index is 0.597. The number of furan rings is 2. The van der Waals surface area contributed by atoms with Gasteiger partial charge in [0, 0.05) is 72.1 Å². The van der Waals surface area contributed by atoms with Gasteiger partial charge in [0.05, 0.1) is 11.4 Å². The topological polar surface area (TPSA) is 32.8 Å². The van der Waals surface area contributed by atoms with Gasteiger partial charge in [0.25, 0.3) is 0 Å². The Labute approximate surface area is 637 Å². The van der Waals surface area contributed by atoms with Crippen molar-refractivity contribution in [2.45, 2.75) is 0 Å². The van der Waals surface area contributed by atoms with Crippen LogP contribution >= 0.6 is 0 Å². The van der Waals surface area contributed by atoms with Crippen molar-refractivity contribution in [1.82, 2.24) is 0 Å². The number of anilines is 6. The van der Waals surface area contributed by atoms with E-state index in [1.165, 1.54) is 65.5 Å². The molecule has 0 aliphatic carbocycles. The Morgan fingerprint density at radius 3 is 0.973 bits per heavy atom. The number of hydrogen-bond donors (Lipinski definition) is 0. The van der Waals surface area contributed by atoms with Crippen LogP contribution in [-0.4, -0.2) is 0 Å². The Bertz CT molecular complexity index is 7120. The molecule has 0 unspecified atom stereocenters. The highest BCUT2D eigenvalue weighted by atomic mass is 16.3. The molecule has 2 aromatic heterocycles. The van der Waals surface area contributed by atoms with Gasteiger partial charge in [0.2, 0.25) is 0 Å². The van der Waals surface area contributed by atoms with Crippen LogP contribution in [0, 0.1) is 0 Å². The Hall–Kier alpha value is -14.6. The van der Waals surface area contributed by atoms with Gasteiger partial charge in [-0.2, -0.15) is 0 Å². The van der Waals surface area contributed by atoms with E-state index >= 15 is 0 Å². The summed E-state index contributed by atoms with van der Waals surface area (Å²) in [5.41, 5.74) is 27.7. The zero-order chi connectivity index (χ0) is 72.6. The third kappa shape index (κ3) is 11.2. The van der Waals surface area contributed by atoms with Gasteiger partial charge in [-0.1, -0.05) is 328 Å². The minimum atomic E-state index is 0.846. The van der Waals surface area contributed by atoms with Crippen molar-refractivity contribution in [2.75, 3.05) is 9.80 Å². The lowest BCUT2D eigenvalue weighted by Crippen LogP contribution is -2.11. The summed E-state index contributed by atoms with van der Waals surface area (Å²) >= 11 is 0. The number of rotatable bonds is 14. The van der Waals surface area contributed by atoms with Crippen molar-refractivity contribution in [2.24, 2.45) is 0 Å². The highest BCUT2D eigenvalue weighted by Gasteiger charge is 2.25. The number of benzene rings is 19. The van der Waals surface area contributed by atoms with E-state index in [1.807, 2.05) is 6.07 Å². The first-order valence-corrected chi connectivity index (χ1v) is 37.7. The zero-order valence-corrected chi connectivity index (χ0v) is 60.0. The largest absolute Gasteiger partial charge is 0.455 e. The Morgan fingerprint density at radius 1 is 0.155 bits per heavy atom. The Morgan fingerprint density at radius 2 is 0.455 bits per heavy atom. The molecule has 2 heterocycles. The molecule has 21 aromatic rings. The highest BCUT2D eigenvalue weighted by molar-refractivity contribution is 6.15. The second-order valence-corrected chi connectivity index (χ2v) is 28.6. The molecule has 0 N–H and O–H groups in total. The minimum Gasteiger partial charge on any atom is -0.455 e. The van der Waals surface area contributed by atoms with Crippen LogP contribution < -0.4 is 9.80 Å². The van der Waals surface area contributed by atoms with Crippen molar-refractivity contribution in [3.05, 3.63) is 413 Å². The quantitative estimate of drug-likeness (QED) is 0.109. The third-order valence-corrected chi connectivity index (χ3v) is 22.3. The molecule has 0 amide bonds.